The van der Waals surface area contributed by atoms with E-state index in [1.165, 1.54) is 81.8 Å². The first-order valence-corrected chi connectivity index (χ1v) is 11.4. The first-order chi connectivity index (χ1) is 14.8. The maximum absolute atomic E-state index is 4.74. The molecule has 1 fully saturated rings. The molecule has 1 saturated carbocycles. The molecule has 0 heterocycles. The summed E-state index contributed by atoms with van der Waals surface area (Å²) in [6, 6.07) is 29.3. The summed E-state index contributed by atoms with van der Waals surface area (Å²) in [6.07, 6.45) is 6.67. The van der Waals surface area contributed by atoms with Crippen LogP contribution in [0.3, 0.4) is 0 Å². The summed E-state index contributed by atoms with van der Waals surface area (Å²) in [6.45, 7) is 4.74. The van der Waals surface area contributed by atoms with E-state index in [2.05, 4.69) is 78.9 Å². The second kappa shape index (κ2) is 9.28. The Balaban J connectivity index is 0.00000122. The number of nitrogens with two attached hydrogens (primary N) is 1. The molecule has 1 nitrogen and oxygen atoms in total. The van der Waals surface area contributed by atoms with Gasteiger partial charge in [-0.25, -0.2) is 0 Å². The van der Waals surface area contributed by atoms with Gasteiger partial charge in [0.05, 0.1) is 0 Å². The molecule has 32 heavy (non-hydrogen) atoms. The van der Waals surface area contributed by atoms with Crippen LogP contribution in [0, 0.1) is 6.92 Å². The van der Waals surface area contributed by atoms with Gasteiger partial charge in [-0.3, -0.25) is 0 Å². The molecule has 0 radical (unpaired) electrons. The Bertz CT molecular complexity index is 1210. The predicted molar refractivity (Wildman–Crippen MR) is 132 cm³/mol. The third kappa shape index (κ3) is 3.53. The van der Waals surface area contributed by atoms with Crippen LogP contribution in [0.2, 0.25) is 0 Å². The molecule has 0 unspecified atom stereocenters. The van der Waals surface area contributed by atoms with E-state index in [1.54, 1.807) is 0 Å². The molecule has 2 aliphatic carbocycles. The Kier molecular flexibility index (Phi) is 6.63. The largest absolute Gasteiger partial charge is 2.00 e. The molecule has 4 aromatic rings. The van der Waals surface area contributed by atoms with E-state index in [0.29, 0.717) is 5.92 Å². The van der Waals surface area contributed by atoms with Gasteiger partial charge in [0.25, 0.3) is 0 Å². The molecule has 158 valence electrons. The van der Waals surface area contributed by atoms with Crippen molar-refractivity contribution in [1.29, 1.82) is 0 Å². The third-order valence-corrected chi connectivity index (χ3v) is 7.39. The van der Waals surface area contributed by atoms with Gasteiger partial charge in [0, 0.05) is 0 Å². The summed E-state index contributed by atoms with van der Waals surface area (Å²) in [5.41, 5.74) is 9.80. The molecular weight excluding hydrogens is 422 g/mol. The van der Waals surface area contributed by atoms with E-state index in [-0.39, 0.29) is 33.8 Å². The van der Waals surface area contributed by atoms with Gasteiger partial charge in [-0.2, -0.15) is 12.5 Å². The van der Waals surface area contributed by atoms with Crippen LogP contribution in [0.25, 0.3) is 28.0 Å². The van der Waals surface area contributed by atoms with Gasteiger partial charge >= 0.3 is 21.7 Å². The molecule has 0 saturated heterocycles. The minimum Gasteiger partial charge on any atom is -0.693 e. The summed E-state index contributed by atoms with van der Waals surface area (Å²) in [5, 5.41) is 2.78. The normalized spacial score (nSPS) is 15.5. The zero-order valence-corrected chi connectivity index (χ0v) is 20.0. The first-order valence-electron chi connectivity index (χ1n) is 11.4. The quantitative estimate of drug-likeness (QED) is 0.190. The first kappa shape index (κ1) is 22.9. The number of rotatable bonds is 2. The zero-order valence-electron chi connectivity index (χ0n) is 18.5. The Labute approximate surface area is 206 Å². The average molecular weight is 451 g/mol. The van der Waals surface area contributed by atoms with Crippen molar-refractivity contribution >= 4 is 10.8 Å². The van der Waals surface area contributed by atoms with Crippen molar-refractivity contribution in [3.8, 4) is 11.1 Å². The van der Waals surface area contributed by atoms with Crippen molar-refractivity contribution in [2.75, 3.05) is 0 Å². The molecule has 0 bridgehead atoms. The van der Waals surface area contributed by atoms with Crippen LogP contribution < -0.4 is 0 Å². The van der Waals surface area contributed by atoms with Crippen LogP contribution in [0.15, 0.2) is 78.9 Å². The maximum atomic E-state index is 4.74. The molecule has 0 aliphatic heterocycles. The third-order valence-electron chi connectivity index (χ3n) is 7.39. The number of hydrogen-bond donors (Lipinski definition) is 0. The van der Waals surface area contributed by atoms with Crippen LogP contribution in [0.4, 0.5) is 0 Å². The average Bonchev–Trinajstić information content (AvgIpc) is 3.14. The van der Waals surface area contributed by atoms with E-state index in [1.807, 2.05) is 0 Å². The standard InChI is InChI=1S/C30H27.H2N.Ti/c1-20-28(30-26-17-9-7-15-24(26)25-16-8-10-18-27(25)30)19-22-13-5-6-14-23(22)29(20)21-11-3-2-4-12-21;;/h5-10,13-19,21,30H,1-4,11-12H2;1H2;/q2*-1;+2. The molecule has 0 atom stereocenters. The van der Waals surface area contributed by atoms with Crippen molar-refractivity contribution in [2.45, 2.75) is 43.9 Å². The summed E-state index contributed by atoms with van der Waals surface area (Å²) >= 11 is 0. The van der Waals surface area contributed by atoms with Crippen molar-refractivity contribution in [3.63, 3.8) is 0 Å². The van der Waals surface area contributed by atoms with E-state index in [0.717, 1.165) is 0 Å². The fourth-order valence-electron chi connectivity index (χ4n) is 6.05. The minimum absolute atomic E-state index is 0. The molecule has 2 aliphatic rings. The number of benzene rings is 4. The van der Waals surface area contributed by atoms with Gasteiger partial charge in [0.1, 0.15) is 0 Å². The number of fused-ring (bicyclic) bond motifs is 4. The Morgan fingerprint density at radius 3 is 1.88 bits per heavy atom. The molecule has 0 spiro atoms. The second-order valence-electron chi connectivity index (χ2n) is 9.02. The Morgan fingerprint density at radius 1 is 0.656 bits per heavy atom. The van der Waals surface area contributed by atoms with Crippen LogP contribution in [-0.2, 0) is 21.7 Å². The van der Waals surface area contributed by atoms with Crippen molar-refractivity contribution in [3.05, 3.63) is 120 Å². The fraction of sp³-hybridized carbons (Fsp3) is 0.233. The summed E-state index contributed by atoms with van der Waals surface area (Å²) in [4.78, 5) is 0. The topological polar surface area (TPSA) is 33.5 Å². The van der Waals surface area contributed by atoms with E-state index in [4.69, 9.17) is 6.92 Å². The van der Waals surface area contributed by atoms with Gasteiger partial charge in [0.2, 0.25) is 0 Å². The van der Waals surface area contributed by atoms with Crippen molar-refractivity contribution in [2.24, 2.45) is 0 Å². The van der Waals surface area contributed by atoms with Crippen LogP contribution >= 0.6 is 0 Å². The molecule has 2 heteroatoms. The van der Waals surface area contributed by atoms with Gasteiger partial charge in [-0.05, 0) is 33.6 Å². The summed E-state index contributed by atoms with van der Waals surface area (Å²) < 4.78 is 0. The molecule has 2 N–H and O–H groups in total. The van der Waals surface area contributed by atoms with Crippen molar-refractivity contribution < 1.29 is 21.7 Å². The second-order valence-corrected chi connectivity index (χ2v) is 9.02. The molecule has 0 amide bonds. The molecular formula is C30H29NTi. The molecule has 0 aromatic heterocycles. The van der Waals surface area contributed by atoms with Gasteiger partial charge in [-0.15, -0.1) is 17.2 Å². The predicted octanol–water partition coefficient (Wildman–Crippen LogP) is 8.94. The summed E-state index contributed by atoms with van der Waals surface area (Å²) in [5.74, 6) is 0.917. The Morgan fingerprint density at radius 2 is 1.22 bits per heavy atom. The zero-order chi connectivity index (χ0) is 20.1. The fourth-order valence-corrected chi connectivity index (χ4v) is 6.05. The van der Waals surface area contributed by atoms with Crippen LogP contribution in [-0.4, -0.2) is 0 Å². The van der Waals surface area contributed by atoms with Crippen molar-refractivity contribution in [1.82, 2.24) is 0 Å². The summed E-state index contributed by atoms with van der Waals surface area (Å²) in [7, 11) is 0. The van der Waals surface area contributed by atoms with E-state index in [9.17, 15) is 0 Å². The SMILES string of the molecule is [CH2-]c1c(C2c3ccccc3-c3ccccc32)cc2ccccc2c1C1CCCCC1.[NH2-].[Ti+2]. The number of hydrogen-bond acceptors (Lipinski definition) is 0. The van der Waals surface area contributed by atoms with E-state index >= 15 is 0 Å². The van der Waals surface area contributed by atoms with Gasteiger partial charge < -0.3 is 6.15 Å². The minimum atomic E-state index is 0. The van der Waals surface area contributed by atoms with Crippen LogP contribution in [0.1, 0.15) is 71.8 Å². The Hall–Kier alpha value is -2.32. The molecule has 6 rings (SSSR count). The van der Waals surface area contributed by atoms with E-state index < -0.39 is 0 Å². The smallest absolute Gasteiger partial charge is 0.693 e. The maximum Gasteiger partial charge on any atom is 2.00 e. The van der Waals surface area contributed by atoms with Gasteiger partial charge in [-0.1, -0.05) is 116 Å². The van der Waals surface area contributed by atoms with Crippen LogP contribution in [0.5, 0.6) is 0 Å². The van der Waals surface area contributed by atoms with Gasteiger partial charge in [0.15, 0.2) is 0 Å². The molecule has 4 aromatic carbocycles. The monoisotopic (exact) mass is 451 g/mol.